The van der Waals surface area contributed by atoms with Gasteiger partial charge >= 0.3 is 5.97 Å². The van der Waals surface area contributed by atoms with Gasteiger partial charge in [0.25, 0.3) is 0 Å². The van der Waals surface area contributed by atoms with Gasteiger partial charge in [0.2, 0.25) is 0 Å². The molecule has 0 fully saturated rings. The Morgan fingerprint density at radius 3 is 2.42 bits per heavy atom. The molecule has 0 radical (unpaired) electrons. The average Bonchev–Trinajstić information content (AvgIpc) is 1.98. The molecule has 0 rings (SSSR count). The van der Waals surface area contributed by atoms with E-state index in [0.29, 0.717) is 0 Å². The molecule has 2 atom stereocenters. The van der Waals surface area contributed by atoms with Crippen molar-refractivity contribution in [2.75, 3.05) is 0 Å². The monoisotopic (exact) mass is 195 g/mol. The van der Waals surface area contributed by atoms with Crippen LogP contribution in [-0.4, -0.2) is 17.1 Å². The number of carboxylic acid groups (broad SMARTS) is 1. The molecule has 74 valence electrons. The maximum absolute atomic E-state index is 10.4. The third kappa shape index (κ3) is 5.38. The SMILES string of the molecule is CCCCC(C)C(N)C(=O)O.Cl. The van der Waals surface area contributed by atoms with Crippen molar-refractivity contribution < 1.29 is 9.90 Å². The van der Waals surface area contributed by atoms with Gasteiger partial charge in [-0.25, -0.2) is 0 Å². The van der Waals surface area contributed by atoms with E-state index in [1.54, 1.807) is 0 Å². The fraction of sp³-hybridized carbons (Fsp3) is 0.875. The molecule has 3 N–H and O–H groups in total. The summed E-state index contributed by atoms with van der Waals surface area (Å²) in [5.41, 5.74) is 5.40. The van der Waals surface area contributed by atoms with Crippen molar-refractivity contribution in [2.45, 2.75) is 39.2 Å². The minimum Gasteiger partial charge on any atom is -0.480 e. The predicted molar refractivity (Wildman–Crippen MR) is 51.5 cm³/mol. The second-order valence-corrected chi connectivity index (χ2v) is 2.98. The topological polar surface area (TPSA) is 63.3 Å². The highest BCUT2D eigenvalue weighted by Gasteiger charge is 2.18. The van der Waals surface area contributed by atoms with Crippen molar-refractivity contribution in [3.63, 3.8) is 0 Å². The summed E-state index contributed by atoms with van der Waals surface area (Å²) < 4.78 is 0. The van der Waals surface area contributed by atoms with Gasteiger partial charge in [-0.3, -0.25) is 4.79 Å². The number of halogens is 1. The van der Waals surface area contributed by atoms with Gasteiger partial charge in [0.1, 0.15) is 6.04 Å². The van der Waals surface area contributed by atoms with Gasteiger partial charge in [0.15, 0.2) is 0 Å². The Kier molecular flexibility index (Phi) is 8.76. The highest BCUT2D eigenvalue weighted by atomic mass is 35.5. The number of hydrogen-bond donors (Lipinski definition) is 2. The maximum atomic E-state index is 10.4. The molecule has 0 saturated heterocycles. The number of unbranched alkanes of at least 4 members (excludes halogenated alkanes) is 1. The zero-order valence-electron chi connectivity index (χ0n) is 7.62. The quantitative estimate of drug-likeness (QED) is 0.701. The summed E-state index contributed by atoms with van der Waals surface area (Å²) in [7, 11) is 0. The van der Waals surface area contributed by atoms with Crippen LogP contribution >= 0.6 is 12.4 Å². The first-order valence-electron chi connectivity index (χ1n) is 4.08. The second kappa shape index (κ2) is 7.37. The van der Waals surface area contributed by atoms with E-state index in [1.165, 1.54) is 0 Å². The summed E-state index contributed by atoms with van der Waals surface area (Å²) in [5.74, 6) is -0.805. The molecular weight excluding hydrogens is 178 g/mol. The Bertz CT molecular complexity index is 130. The minimum absolute atomic E-state index is 0. The Balaban J connectivity index is 0. The number of aliphatic carboxylic acids is 1. The van der Waals surface area contributed by atoms with E-state index >= 15 is 0 Å². The van der Waals surface area contributed by atoms with E-state index in [0.717, 1.165) is 19.3 Å². The zero-order valence-corrected chi connectivity index (χ0v) is 8.43. The van der Waals surface area contributed by atoms with Crippen LogP contribution in [0.2, 0.25) is 0 Å². The lowest BCUT2D eigenvalue weighted by molar-refractivity contribution is -0.139. The highest BCUT2D eigenvalue weighted by molar-refractivity contribution is 5.85. The molecule has 4 heteroatoms. The van der Waals surface area contributed by atoms with Gasteiger partial charge in [-0.05, 0) is 12.3 Å². The molecular formula is C8H18ClNO2. The lowest BCUT2D eigenvalue weighted by atomic mass is 9.97. The van der Waals surface area contributed by atoms with Crippen LogP contribution in [0.15, 0.2) is 0 Å². The van der Waals surface area contributed by atoms with Gasteiger partial charge in [0, 0.05) is 0 Å². The number of nitrogens with two attached hydrogens (primary N) is 1. The van der Waals surface area contributed by atoms with Crippen LogP contribution in [0.1, 0.15) is 33.1 Å². The third-order valence-corrected chi connectivity index (χ3v) is 1.91. The molecule has 0 aromatic rings. The third-order valence-electron chi connectivity index (χ3n) is 1.91. The van der Waals surface area contributed by atoms with Crippen molar-refractivity contribution in [2.24, 2.45) is 11.7 Å². The van der Waals surface area contributed by atoms with Crippen molar-refractivity contribution in [1.29, 1.82) is 0 Å². The molecule has 0 aliphatic heterocycles. The first kappa shape index (κ1) is 14.3. The number of carbonyl (C=O) groups is 1. The normalized spacial score (nSPS) is 14.6. The highest BCUT2D eigenvalue weighted by Crippen LogP contribution is 2.10. The number of carboxylic acids is 1. The largest absolute Gasteiger partial charge is 0.480 e. The van der Waals surface area contributed by atoms with E-state index in [9.17, 15) is 4.79 Å². The van der Waals surface area contributed by atoms with Gasteiger partial charge in [-0.1, -0.05) is 26.7 Å². The fourth-order valence-corrected chi connectivity index (χ4v) is 0.949. The standard InChI is InChI=1S/C8H17NO2.ClH/c1-3-4-5-6(2)7(9)8(10)11;/h6-7H,3-5,9H2,1-2H3,(H,10,11);1H. The molecule has 3 nitrogen and oxygen atoms in total. The molecule has 0 aromatic carbocycles. The average molecular weight is 196 g/mol. The van der Waals surface area contributed by atoms with E-state index in [1.807, 2.05) is 6.92 Å². The summed E-state index contributed by atoms with van der Waals surface area (Å²) in [6, 6.07) is -0.693. The van der Waals surface area contributed by atoms with E-state index in [2.05, 4.69) is 6.92 Å². The molecule has 12 heavy (non-hydrogen) atoms. The lowest BCUT2D eigenvalue weighted by Gasteiger charge is -2.14. The van der Waals surface area contributed by atoms with Crippen LogP contribution in [0.4, 0.5) is 0 Å². The van der Waals surface area contributed by atoms with Gasteiger partial charge in [-0.15, -0.1) is 12.4 Å². The molecule has 0 bridgehead atoms. The van der Waals surface area contributed by atoms with Crippen molar-refractivity contribution in [3.8, 4) is 0 Å². The van der Waals surface area contributed by atoms with Crippen molar-refractivity contribution in [1.82, 2.24) is 0 Å². The Hall–Kier alpha value is -0.280. The predicted octanol–water partition coefficient (Wildman–Crippen LogP) is 1.65. The van der Waals surface area contributed by atoms with E-state index < -0.39 is 12.0 Å². The summed E-state index contributed by atoms with van der Waals surface area (Å²) >= 11 is 0. The van der Waals surface area contributed by atoms with Gasteiger partial charge < -0.3 is 10.8 Å². The molecule has 0 saturated carbocycles. The molecule has 0 aliphatic rings. The van der Waals surface area contributed by atoms with E-state index in [4.69, 9.17) is 10.8 Å². The molecule has 0 spiro atoms. The van der Waals surface area contributed by atoms with Crippen LogP contribution in [0, 0.1) is 5.92 Å². The van der Waals surface area contributed by atoms with Crippen LogP contribution in [0.25, 0.3) is 0 Å². The zero-order chi connectivity index (χ0) is 8.85. The number of rotatable bonds is 5. The lowest BCUT2D eigenvalue weighted by Crippen LogP contribution is -2.36. The Morgan fingerprint density at radius 2 is 2.08 bits per heavy atom. The summed E-state index contributed by atoms with van der Waals surface area (Å²) in [6.45, 7) is 3.97. The van der Waals surface area contributed by atoms with E-state index in [-0.39, 0.29) is 18.3 Å². The Labute approximate surface area is 79.7 Å². The number of hydrogen-bond acceptors (Lipinski definition) is 2. The first-order valence-corrected chi connectivity index (χ1v) is 4.08. The molecule has 2 unspecified atom stereocenters. The maximum Gasteiger partial charge on any atom is 0.320 e. The van der Waals surface area contributed by atoms with Gasteiger partial charge in [-0.2, -0.15) is 0 Å². The van der Waals surface area contributed by atoms with Crippen LogP contribution in [0.3, 0.4) is 0 Å². The summed E-state index contributed by atoms with van der Waals surface area (Å²) in [6.07, 6.45) is 3.06. The molecule has 0 aromatic heterocycles. The van der Waals surface area contributed by atoms with Crippen LogP contribution in [-0.2, 0) is 4.79 Å². The summed E-state index contributed by atoms with van der Waals surface area (Å²) in [4.78, 5) is 10.4. The fourth-order valence-electron chi connectivity index (χ4n) is 0.949. The second-order valence-electron chi connectivity index (χ2n) is 2.98. The van der Waals surface area contributed by atoms with Crippen molar-refractivity contribution in [3.05, 3.63) is 0 Å². The van der Waals surface area contributed by atoms with Crippen LogP contribution < -0.4 is 5.73 Å². The smallest absolute Gasteiger partial charge is 0.320 e. The van der Waals surface area contributed by atoms with Gasteiger partial charge in [0.05, 0.1) is 0 Å². The van der Waals surface area contributed by atoms with Crippen LogP contribution in [0.5, 0.6) is 0 Å². The minimum atomic E-state index is -0.895. The first-order chi connectivity index (χ1) is 5.09. The molecule has 0 aliphatic carbocycles. The van der Waals surface area contributed by atoms with Crippen molar-refractivity contribution >= 4 is 18.4 Å². The molecule has 0 amide bonds. The summed E-state index contributed by atoms with van der Waals surface area (Å²) in [5, 5.41) is 8.53. The molecule has 0 heterocycles. The Morgan fingerprint density at radius 1 is 1.58 bits per heavy atom.